The van der Waals surface area contributed by atoms with Gasteiger partial charge in [-0.1, -0.05) is 39.8 Å². The summed E-state index contributed by atoms with van der Waals surface area (Å²) >= 11 is 1.44. The van der Waals surface area contributed by atoms with Crippen LogP contribution in [0.1, 0.15) is 44.6 Å². The molecule has 0 saturated heterocycles. The minimum atomic E-state index is -3.74. The normalized spacial score (nSPS) is 12.3. The number of thiophene rings is 1. The molecule has 0 radical (unpaired) electrons. The largest absolute Gasteiger partial charge is 0.280 e. The lowest BCUT2D eigenvalue weighted by Crippen LogP contribution is -2.35. The fourth-order valence-electron chi connectivity index (χ4n) is 2.93. The summed E-state index contributed by atoms with van der Waals surface area (Å²) in [5, 5.41) is 0.448. The Morgan fingerprint density at radius 2 is 1.87 bits per heavy atom. The van der Waals surface area contributed by atoms with E-state index in [1.165, 1.54) is 17.7 Å². The Morgan fingerprint density at radius 3 is 2.48 bits per heavy atom. The molecule has 0 unspecified atom stereocenters. The van der Waals surface area contributed by atoms with Gasteiger partial charge in [0.1, 0.15) is 11.2 Å². The average molecular weight is 463 g/mol. The Balaban J connectivity index is 1.60. The van der Waals surface area contributed by atoms with Crippen molar-refractivity contribution in [3.63, 3.8) is 0 Å². The molecule has 2 N–H and O–H groups in total. The van der Waals surface area contributed by atoms with Crippen molar-refractivity contribution in [2.75, 3.05) is 12.0 Å². The van der Waals surface area contributed by atoms with Gasteiger partial charge in [0, 0.05) is 17.8 Å². The standard InChI is InChI=1S/C21H26N4O4S2/c1-5-15-12-17-19(30-15)22-13-25(20(17)27)24-18(26)10-11-23-31(28,29)16-8-6-14(7-9-16)21(2,3)4/h6-9,12-13,23H,5,10-11H2,1-4H3,(H,24,26). The Kier molecular flexibility index (Phi) is 6.63. The number of carbonyl (C=O) groups excluding carboxylic acids is 1. The van der Waals surface area contributed by atoms with E-state index >= 15 is 0 Å². The molecule has 10 heteroatoms. The predicted molar refractivity (Wildman–Crippen MR) is 123 cm³/mol. The number of aromatic nitrogens is 2. The highest BCUT2D eigenvalue weighted by atomic mass is 32.2. The summed E-state index contributed by atoms with van der Waals surface area (Å²) in [6.45, 7) is 8.04. The molecule has 0 bridgehead atoms. The summed E-state index contributed by atoms with van der Waals surface area (Å²) in [5.41, 5.74) is 3.03. The van der Waals surface area contributed by atoms with E-state index in [1.807, 2.05) is 27.7 Å². The molecule has 0 aliphatic rings. The van der Waals surface area contributed by atoms with Crippen molar-refractivity contribution in [3.05, 3.63) is 57.5 Å². The van der Waals surface area contributed by atoms with Gasteiger partial charge >= 0.3 is 0 Å². The van der Waals surface area contributed by atoms with Gasteiger partial charge in [0.05, 0.1) is 10.3 Å². The van der Waals surface area contributed by atoms with Crippen molar-refractivity contribution in [2.45, 2.75) is 50.8 Å². The summed E-state index contributed by atoms with van der Waals surface area (Å²) in [4.78, 5) is 30.7. The van der Waals surface area contributed by atoms with Crippen molar-refractivity contribution >= 4 is 37.5 Å². The lowest BCUT2D eigenvalue weighted by molar-refractivity contribution is -0.117. The summed E-state index contributed by atoms with van der Waals surface area (Å²) in [6, 6.07) is 8.44. The molecule has 0 aliphatic carbocycles. The van der Waals surface area contributed by atoms with Crippen molar-refractivity contribution < 1.29 is 13.2 Å². The van der Waals surface area contributed by atoms with E-state index in [0.717, 1.165) is 21.5 Å². The number of nitrogens with zero attached hydrogens (tertiary/aromatic N) is 2. The molecule has 1 amide bonds. The zero-order valence-electron chi connectivity index (χ0n) is 17.9. The highest BCUT2D eigenvalue weighted by Gasteiger charge is 2.18. The number of fused-ring (bicyclic) bond motifs is 1. The van der Waals surface area contributed by atoms with Crippen LogP contribution in [0.25, 0.3) is 10.2 Å². The topological polar surface area (TPSA) is 110 Å². The van der Waals surface area contributed by atoms with Crippen molar-refractivity contribution in [3.8, 4) is 0 Å². The second kappa shape index (κ2) is 8.89. The molecule has 0 atom stereocenters. The monoisotopic (exact) mass is 462 g/mol. The smallest absolute Gasteiger partial charge is 0.273 e. The molecular weight excluding hydrogens is 436 g/mol. The first-order chi connectivity index (χ1) is 14.5. The van der Waals surface area contributed by atoms with Crippen molar-refractivity contribution in [1.29, 1.82) is 0 Å². The van der Waals surface area contributed by atoms with E-state index in [2.05, 4.69) is 15.1 Å². The third-order valence-electron chi connectivity index (χ3n) is 4.77. The Hall–Kier alpha value is -2.56. The fourth-order valence-corrected chi connectivity index (χ4v) is 4.89. The Bertz CT molecular complexity index is 1250. The number of nitrogens with one attached hydrogen (secondary N) is 2. The quantitative estimate of drug-likeness (QED) is 0.561. The lowest BCUT2D eigenvalue weighted by Gasteiger charge is -2.19. The molecule has 1 aromatic carbocycles. The Labute approximate surface area is 185 Å². The van der Waals surface area contributed by atoms with Gasteiger partial charge in [-0.25, -0.2) is 22.8 Å². The van der Waals surface area contributed by atoms with Crippen LogP contribution in [-0.2, 0) is 26.7 Å². The molecule has 3 aromatic rings. The van der Waals surface area contributed by atoms with Crippen molar-refractivity contribution in [2.24, 2.45) is 0 Å². The maximum Gasteiger partial charge on any atom is 0.280 e. The van der Waals surface area contributed by atoms with Gasteiger partial charge in [0.25, 0.3) is 5.56 Å². The number of hydrogen-bond donors (Lipinski definition) is 2. The van der Waals surface area contributed by atoms with Gasteiger partial charge in [-0.3, -0.25) is 15.0 Å². The van der Waals surface area contributed by atoms with E-state index in [9.17, 15) is 18.0 Å². The predicted octanol–water partition coefficient (Wildman–Crippen LogP) is 2.76. The fraction of sp³-hybridized carbons (Fsp3) is 0.381. The first-order valence-corrected chi connectivity index (χ1v) is 12.2. The lowest BCUT2D eigenvalue weighted by atomic mass is 9.87. The van der Waals surface area contributed by atoms with E-state index in [-0.39, 0.29) is 28.8 Å². The number of aryl methyl sites for hydroxylation is 1. The molecule has 0 fully saturated rings. The molecule has 0 aliphatic heterocycles. The van der Waals surface area contributed by atoms with E-state index < -0.39 is 15.9 Å². The number of benzene rings is 1. The SMILES string of the molecule is CCc1cc2c(=O)n(NC(=O)CCNS(=O)(=O)c3ccc(C(C)(C)C)cc3)cnc2s1. The minimum Gasteiger partial charge on any atom is -0.273 e. The second-order valence-electron chi connectivity index (χ2n) is 8.16. The third-order valence-corrected chi connectivity index (χ3v) is 7.44. The van der Waals surface area contributed by atoms with Crippen LogP contribution in [0.2, 0.25) is 0 Å². The van der Waals surface area contributed by atoms with Crippen LogP contribution in [-0.4, -0.2) is 30.5 Å². The first kappa shape index (κ1) is 23.1. The summed E-state index contributed by atoms with van der Waals surface area (Å²) in [5.74, 6) is -0.500. The molecule has 0 spiro atoms. The molecular formula is C21H26N4O4S2. The van der Waals surface area contributed by atoms with E-state index in [4.69, 9.17) is 0 Å². The molecule has 0 saturated carbocycles. The van der Waals surface area contributed by atoms with Gasteiger partial charge in [-0.05, 0) is 35.6 Å². The van der Waals surface area contributed by atoms with Crippen LogP contribution in [0.5, 0.6) is 0 Å². The van der Waals surface area contributed by atoms with Crippen molar-refractivity contribution in [1.82, 2.24) is 14.4 Å². The van der Waals surface area contributed by atoms with Gasteiger partial charge in [-0.15, -0.1) is 11.3 Å². The molecule has 2 aromatic heterocycles. The van der Waals surface area contributed by atoms with Crippen LogP contribution >= 0.6 is 11.3 Å². The number of hydrogen-bond acceptors (Lipinski definition) is 6. The number of carbonyl (C=O) groups is 1. The van der Waals surface area contributed by atoms with Crippen LogP contribution < -0.4 is 15.7 Å². The zero-order valence-corrected chi connectivity index (χ0v) is 19.6. The van der Waals surface area contributed by atoms with E-state index in [0.29, 0.717) is 10.2 Å². The van der Waals surface area contributed by atoms with Crippen LogP contribution in [0.4, 0.5) is 0 Å². The minimum absolute atomic E-state index is 0.0785. The second-order valence-corrected chi connectivity index (χ2v) is 11.0. The molecule has 31 heavy (non-hydrogen) atoms. The number of sulfonamides is 1. The summed E-state index contributed by atoms with van der Waals surface area (Å²) in [7, 11) is -3.74. The summed E-state index contributed by atoms with van der Waals surface area (Å²) in [6.07, 6.45) is 1.93. The van der Waals surface area contributed by atoms with Crippen LogP contribution in [0.15, 0.2) is 46.3 Å². The maximum absolute atomic E-state index is 12.5. The number of rotatable bonds is 7. The van der Waals surface area contributed by atoms with Gasteiger partial charge in [0.2, 0.25) is 15.9 Å². The maximum atomic E-state index is 12.5. The third kappa shape index (κ3) is 5.38. The molecule has 3 rings (SSSR count). The summed E-state index contributed by atoms with van der Waals surface area (Å²) < 4.78 is 28.4. The van der Waals surface area contributed by atoms with Gasteiger partial charge < -0.3 is 0 Å². The van der Waals surface area contributed by atoms with Gasteiger partial charge in [-0.2, -0.15) is 0 Å². The van der Waals surface area contributed by atoms with Crippen LogP contribution in [0.3, 0.4) is 0 Å². The average Bonchev–Trinajstić information content (AvgIpc) is 3.14. The van der Waals surface area contributed by atoms with Gasteiger partial charge in [0.15, 0.2) is 0 Å². The first-order valence-electron chi connectivity index (χ1n) is 9.91. The molecule has 166 valence electrons. The molecule has 8 nitrogen and oxygen atoms in total. The van der Waals surface area contributed by atoms with Crippen LogP contribution in [0, 0.1) is 0 Å². The molecule has 2 heterocycles. The zero-order chi connectivity index (χ0) is 22.8. The van der Waals surface area contributed by atoms with E-state index in [1.54, 1.807) is 30.3 Å². The number of amides is 1. The highest BCUT2D eigenvalue weighted by molar-refractivity contribution is 7.89. The highest BCUT2D eigenvalue weighted by Crippen LogP contribution is 2.23. The Morgan fingerprint density at radius 1 is 1.19 bits per heavy atom.